The highest BCUT2D eigenvalue weighted by Crippen LogP contribution is 2.24. The van der Waals surface area contributed by atoms with Crippen molar-refractivity contribution in [1.29, 1.82) is 0 Å². The van der Waals surface area contributed by atoms with Gasteiger partial charge in [0.05, 0.1) is 0 Å². The molecule has 4 nitrogen and oxygen atoms in total. The molecule has 5 N–H and O–H groups in total. The highest BCUT2D eigenvalue weighted by atomic mass is 19.1. The van der Waals surface area contributed by atoms with Gasteiger partial charge in [0.25, 0.3) is 0 Å². The fraction of sp³-hybridized carbons (Fsp3) is 0.357. The van der Waals surface area contributed by atoms with Crippen LogP contribution in [0.4, 0.5) is 4.39 Å². The van der Waals surface area contributed by atoms with Crippen LogP contribution in [0.5, 0.6) is 0 Å². The first-order valence-corrected chi connectivity index (χ1v) is 6.34. The first-order valence-electron chi connectivity index (χ1n) is 6.34. The summed E-state index contributed by atoms with van der Waals surface area (Å²) >= 11 is 0. The molecule has 2 rings (SSSR count). The first-order chi connectivity index (χ1) is 8.94. The molecule has 0 aliphatic carbocycles. The van der Waals surface area contributed by atoms with Gasteiger partial charge in [0, 0.05) is 11.3 Å². The predicted molar refractivity (Wildman–Crippen MR) is 74.8 cm³/mol. The number of aliphatic imine (C=N–C) groups is 1. The van der Waals surface area contributed by atoms with Crippen LogP contribution in [0.2, 0.25) is 0 Å². The summed E-state index contributed by atoms with van der Waals surface area (Å²) in [4.78, 5) is 4.21. The molecular weight excluding hydrogens is 243 g/mol. The number of nitrogens with one attached hydrogen (secondary N) is 1. The molecule has 0 bridgehead atoms. The molecule has 1 aromatic rings. The van der Waals surface area contributed by atoms with Gasteiger partial charge in [-0.2, -0.15) is 0 Å². The number of benzene rings is 1. The van der Waals surface area contributed by atoms with Crippen LogP contribution in [0.1, 0.15) is 30.9 Å². The van der Waals surface area contributed by atoms with E-state index in [-0.39, 0.29) is 5.82 Å². The summed E-state index contributed by atoms with van der Waals surface area (Å²) in [5.74, 6) is -1.15. The number of halogens is 1. The molecule has 1 atom stereocenters. The van der Waals surface area contributed by atoms with Crippen LogP contribution >= 0.6 is 0 Å². The minimum absolute atomic E-state index is 0.301. The zero-order valence-electron chi connectivity index (χ0n) is 11.2. The molecule has 1 heterocycles. The lowest BCUT2D eigenvalue weighted by atomic mass is 10.0. The molecule has 0 fully saturated rings. The van der Waals surface area contributed by atoms with Gasteiger partial charge < -0.3 is 11.1 Å². The first kappa shape index (κ1) is 13.5. The molecule has 1 aliphatic heterocycles. The van der Waals surface area contributed by atoms with Gasteiger partial charge in [0.2, 0.25) is 5.79 Å². The summed E-state index contributed by atoms with van der Waals surface area (Å²) in [6, 6.07) is 4.84. The Kier molecular flexibility index (Phi) is 3.57. The van der Waals surface area contributed by atoms with Gasteiger partial charge >= 0.3 is 0 Å². The Morgan fingerprint density at radius 2 is 2.16 bits per heavy atom. The van der Waals surface area contributed by atoms with Gasteiger partial charge in [-0.25, -0.2) is 9.38 Å². The maximum Gasteiger partial charge on any atom is 0.211 e. The molecule has 1 aromatic carbocycles. The summed E-state index contributed by atoms with van der Waals surface area (Å²) in [6.45, 7) is 3.77. The Labute approximate surface area is 112 Å². The number of hydrogen-bond donors (Lipinski definition) is 3. The van der Waals surface area contributed by atoms with Crippen molar-refractivity contribution in [1.82, 2.24) is 5.32 Å². The second-order valence-electron chi connectivity index (χ2n) is 4.81. The third kappa shape index (κ3) is 2.76. The molecule has 19 heavy (non-hydrogen) atoms. The molecule has 0 saturated heterocycles. The maximum atomic E-state index is 13.7. The number of nitrogens with two attached hydrogens (primary N) is 2. The van der Waals surface area contributed by atoms with Gasteiger partial charge in [-0.1, -0.05) is 25.5 Å². The molecule has 5 heteroatoms. The lowest BCUT2D eigenvalue weighted by molar-refractivity contribution is 0.384. The molecule has 0 aromatic heterocycles. The Morgan fingerprint density at radius 1 is 1.42 bits per heavy atom. The molecule has 0 amide bonds. The molecule has 0 spiro atoms. The van der Waals surface area contributed by atoms with Crippen molar-refractivity contribution in [2.75, 3.05) is 0 Å². The SMILES string of the molecule is CCCC1=CC(N)=NC(N)(c2ccc(C)c(F)c2)N1. The summed E-state index contributed by atoms with van der Waals surface area (Å²) in [5, 5.41) is 3.13. The van der Waals surface area contributed by atoms with E-state index < -0.39 is 5.79 Å². The smallest absolute Gasteiger partial charge is 0.211 e. The minimum atomic E-state index is -1.20. The van der Waals surface area contributed by atoms with Crippen molar-refractivity contribution in [3.8, 4) is 0 Å². The Bertz CT molecular complexity index is 550. The van der Waals surface area contributed by atoms with Crippen LogP contribution in [0.3, 0.4) is 0 Å². The Hall–Kier alpha value is -1.88. The van der Waals surface area contributed by atoms with Gasteiger partial charge in [0.15, 0.2) is 0 Å². The van der Waals surface area contributed by atoms with Crippen LogP contribution in [-0.4, -0.2) is 5.84 Å². The Morgan fingerprint density at radius 3 is 2.79 bits per heavy atom. The average molecular weight is 262 g/mol. The van der Waals surface area contributed by atoms with Crippen molar-refractivity contribution in [3.05, 3.63) is 46.9 Å². The third-order valence-electron chi connectivity index (χ3n) is 3.11. The Balaban J connectivity index is 2.37. The van der Waals surface area contributed by atoms with Crippen molar-refractivity contribution in [2.45, 2.75) is 32.5 Å². The number of hydrogen-bond acceptors (Lipinski definition) is 4. The number of amidine groups is 1. The van der Waals surface area contributed by atoms with Gasteiger partial charge in [-0.05, 0) is 31.1 Å². The van der Waals surface area contributed by atoms with E-state index in [2.05, 4.69) is 17.2 Å². The number of rotatable bonds is 3. The lowest BCUT2D eigenvalue weighted by Crippen LogP contribution is -2.51. The van der Waals surface area contributed by atoms with E-state index in [0.717, 1.165) is 18.5 Å². The normalized spacial score (nSPS) is 22.5. The van der Waals surface area contributed by atoms with Gasteiger partial charge in [0.1, 0.15) is 11.7 Å². The molecular formula is C14H19FN4. The lowest BCUT2D eigenvalue weighted by Gasteiger charge is -2.32. The number of aryl methyl sites for hydroxylation is 1. The van der Waals surface area contributed by atoms with Crippen LogP contribution in [-0.2, 0) is 5.79 Å². The van der Waals surface area contributed by atoms with Crippen LogP contribution < -0.4 is 16.8 Å². The van der Waals surface area contributed by atoms with Gasteiger partial charge in [-0.3, -0.25) is 5.73 Å². The van der Waals surface area contributed by atoms with E-state index in [0.29, 0.717) is 17.0 Å². The predicted octanol–water partition coefficient (Wildman–Crippen LogP) is 1.85. The average Bonchev–Trinajstić information content (AvgIpc) is 2.31. The zero-order valence-corrected chi connectivity index (χ0v) is 11.2. The number of allylic oxidation sites excluding steroid dienone is 1. The van der Waals surface area contributed by atoms with E-state index in [9.17, 15) is 4.39 Å². The van der Waals surface area contributed by atoms with Gasteiger partial charge in [-0.15, -0.1) is 0 Å². The highest BCUT2D eigenvalue weighted by molar-refractivity contribution is 5.93. The highest BCUT2D eigenvalue weighted by Gasteiger charge is 2.30. The topological polar surface area (TPSA) is 76.4 Å². The van der Waals surface area contributed by atoms with Crippen LogP contribution in [0, 0.1) is 12.7 Å². The summed E-state index contributed by atoms with van der Waals surface area (Å²) in [7, 11) is 0. The molecule has 1 aliphatic rings. The standard InChI is InChI=1S/C14H19FN4/c1-3-4-11-8-13(16)19-14(17,18-11)10-6-5-9(2)12(15)7-10/h5-8,18H,3-4,17H2,1-2H3,(H2,16,19). The quantitative estimate of drug-likeness (QED) is 0.778. The molecule has 0 saturated carbocycles. The third-order valence-corrected chi connectivity index (χ3v) is 3.11. The van der Waals surface area contributed by atoms with Crippen molar-refractivity contribution in [3.63, 3.8) is 0 Å². The zero-order chi connectivity index (χ0) is 14.0. The fourth-order valence-electron chi connectivity index (χ4n) is 2.09. The second-order valence-corrected chi connectivity index (χ2v) is 4.81. The maximum absolute atomic E-state index is 13.7. The molecule has 1 unspecified atom stereocenters. The summed E-state index contributed by atoms with van der Waals surface area (Å²) < 4.78 is 13.7. The monoisotopic (exact) mass is 262 g/mol. The van der Waals surface area contributed by atoms with Crippen LogP contribution in [0.15, 0.2) is 35.0 Å². The van der Waals surface area contributed by atoms with E-state index in [4.69, 9.17) is 11.5 Å². The van der Waals surface area contributed by atoms with E-state index in [1.807, 2.05) is 0 Å². The van der Waals surface area contributed by atoms with E-state index in [1.165, 1.54) is 6.07 Å². The number of nitrogens with zero attached hydrogens (tertiary/aromatic N) is 1. The fourth-order valence-corrected chi connectivity index (χ4v) is 2.09. The van der Waals surface area contributed by atoms with Crippen LogP contribution in [0.25, 0.3) is 0 Å². The second kappa shape index (κ2) is 5.01. The summed E-state index contributed by atoms with van der Waals surface area (Å²) in [6.07, 6.45) is 3.55. The van der Waals surface area contributed by atoms with E-state index >= 15 is 0 Å². The minimum Gasteiger partial charge on any atom is -0.384 e. The van der Waals surface area contributed by atoms with E-state index in [1.54, 1.807) is 25.1 Å². The largest absolute Gasteiger partial charge is 0.384 e. The van der Waals surface area contributed by atoms with Crippen molar-refractivity contribution < 1.29 is 4.39 Å². The molecule has 0 radical (unpaired) electrons. The molecule has 102 valence electrons. The van der Waals surface area contributed by atoms with Crippen molar-refractivity contribution >= 4 is 5.84 Å². The summed E-state index contributed by atoms with van der Waals surface area (Å²) in [5.41, 5.74) is 14.1. The van der Waals surface area contributed by atoms with Crippen molar-refractivity contribution in [2.24, 2.45) is 16.5 Å².